The summed E-state index contributed by atoms with van der Waals surface area (Å²) in [7, 11) is 0. The summed E-state index contributed by atoms with van der Waals surface area (Å²) in [4.78, 5) is 0. The monoisotopic (exact) mass is 270 g/mol. The lowest BCUT2D eigenvalue weighted by Gasteiger charge is -2.11. The predicted molar refractivity (Wildman–Crippen MR) is 93.9 cm³/mol. The largest absolute Gasteiger partial charge is 0.0991 e. The molecular weight excluding hydrogens is 240 g/mol. The van der Waals surface area contributed by atoms with E-state index in [2.05, 4.69) is 71.6 Å². The standard InChI is InChI=1S/C20H30/c1-7-11-12-14-19(13-8-2)20(18(6)10-4)16-15-17(5)9-3/h7,9,11-12,14-16H,1,8,10,13H2,2-6H3/b12-11-,16-15-,17-9-,19-14+,20-18+. The molecule has 0 nitrogen and oxygen atoms in total. The Bertz CT molecular complexity index is 437. The van der Waals surface area contributed by atoms with Gasteiger partial charge in [-0.3, -0.25) is 0 Å². The van der Waals surface area contributed by atoms with Crippen LogP contribution in [0.4, 0.5) is 0 Å². The summed E-state index contributed by atoms with van der Waals surface area (Å²) in [5.74, 6) is 0. The molecule has 0 aromatic rings. The van der Waals surface area contributed by atoms with E-state index in [0.717, 1.165) is 19.3 Å². The van der Waals surface area contributed by atoms with Gasteiger partial charge in [-0.1, -0.05) is 80.5 Å². The number of hydrogen-bond acceptors (Lipinski definition) is 0. The van der Waals surface area contributed by atoms with Crippen molar-refractivity contribution >= 4 is 0 Å². The highest BCUT2D eigenvalue weighted by Crippen LogP contribution is 2.23. The molecule has 0 amide bonds. The van der Waals surface area contributed by atoms with Gasteiger partial charge in [0.25, 0.3) is 0 Å². The molecule has 20 heavy (non-hydrogen) atoms. The van der Waals surface area contributed by atoms with Crippen LogP contribution >= 0.6 is 0 Å². The molecule has 0 aromatic heterocycles. The van der Waals surface area contributed by atoms with Crippen molar-refractivity contribution in [3.05, 3.63) is 71.4 Å². The van der Waals surface area contributed by atoms with Crippen molar-refractivity contribution in [2.75, 3.05) is 0 Å². The molecule has 0 spiro atoms. The van der Waals surface area contributed by atoms with Crippen LogP contribution in [-0.4, -0.2) is 0 Å². The Morgan fingerprint density at radius 3 is 2.25 bits per heavy atom. The lowest BCUT2D eigenvalue weighted by molar-refractivity contribution is 0.908. The molecule has 0 fully saturated rings. The smallest absolute Gasteiger partial charge is 0.0235 e. The first-order valence-corrected chi connectivity index (χ1v) is 7.59. The van der Waals surface area contributed by atoms with Gasteiger partial charge in [-0.15, -0.1) is 0 Å². The summed E-state index contributed by atoms with van der Waals surface area (Å²) >= 11 is 0. The molecule has 0 rings (SSSR count). The number of allylic oxidation sites excluding steroid dienone is 11. The molecule has 0 bridgehead atoms. The molecule has 0 unspecified atom stereocenters. The van der Waals surface area contributed by atoms with E-state index in [-0.39, 0.29) is 0 Å². The highest BCUT2D eigenvalue weighted by molar-refractivity contribution is 5.46. The third-order valence-electron chi connectivity index (χ3n) is 3.37. The molecule has 0 heterocycles. The average molecular weight is 270 g/mol. The van der Waals surface area contributed by atoms with Crippen LogP contribution in [0.5, 0.6) is 0 Å². The maximum Gasteiger partial charge on any atom is -0.0235 e. The van der Waals surface area contributed by atoms with E-state index >= 15 is 0 Å². The molecule has 0 aliphatic rings. The van der Waals surface area contributed by atoms with Crippen molar-refractivity contribution in [3.8, 4) is 0 Å². The number of rotatable bonds is 8. The predicted octanol–water partition coefficient (Wildman–Crippen LogP) is 6.70. The highest BCUT2D eigenvalue weighted by atomic mass is 14.1. The fourth-order valence-corrected chi connectivity index (χ4v) is 1.85. The van der Waals surface area contributed by atoms with Gasteiger partial charge < -0.3 is 0 Å². The summed E-state index contributed by atoms with van der Waals surface area (Å²) in [6.45, 7) is 14.6. The van der Waals surface area contributed by atoms with Crippen molar-refractivity contribution in [1.82, 2.24) is 0 Å². The van der Waals surface area contributed by atoms with Crippen molar-refractivity contribution < 1.29 is 0 Å². The van der Waals surface area contributed by atoms with Gasteiger partial charge in [-0.2, -0.15) is 0 Å². The van der Waals surface area contributed by atoms with Crippen molar-refractivity contribution in [2.45, 2.75) is 53.9 Å². The van der Waals surface area contributed by atoms with Crippen LogP contribution < -0.4 is 0 Å². The second-order valence-electron chi connectivity index (χ2n) is 4.98. The molecule has 0 N–H and O–H groups in total. The zero-order valence-corrected chi connectivity index (χ0v) is 13.9. The van der Waals surface area contributed by atoms with Crippen LogP contribution in [0.25, 0.3) is 0 Å². The average Bonchev–Trinajstić information content (AvgIpc) is 2.46. The molecule has 0 aliphatic carbocycles. The Hall–Kier alpha value is -1.56. The Balaban J connectivity index is 5.57. The van der Waals surface area contributed by atoms with Crippen molar-refractivity contribution in [2.24, 2.45) is 0 Å². The first kappa shape index (κ1) is 18.4. The third-order valence-corrected chi connectivity index (χ3v) is 3.37. The topological polar surface area (TPSA) is 0 Å². The van der Waals surface area contributed by atoms with E-state index in [9.17, 15) is 0 Å². The van der Waals surface area contributed by atoms with Crippen LogP contribution in [-0.2, 0) is 0 Å². The van der Waals surface area contributed by atoms with Crippen molar-refractivity contribution in [1.29, 1.82) is 0 Å². The van der Waals surface area contributed by atoms with Gasteiger partial charge in [-0.05, 0) is 44.8 Å². The molecule has 0 aliphatic heterocycles. The molecule has 0 atom stereocenters. The van der Waals surface area contributed by atoms with Gasteiger partial charge in [-0.25, -0.2) is 0 Å². The molecule has 0 saturated heterocycles. The molecular formula is C20H30. The van der Waals surface area contributed by atoms with E-state index in [4.69, 9.17) is 0 Å². The SMILES string of the molecule is C=C\C=C/C=C(CCC)/C(/C=C\C(C)=C/C)=C(\C)CC. The van der Waals surface area contributed by atoms with Crippen LogP contribution in [0.3, 0.4) is 0 Å². The second kappa shape index (κ2) is 11.3. The summed E-state index contributed by atoms with van der Waals surface area (Å²) in [6.07, 6.45) is 18.0. The maximum atomic E-state index is 3.72. The Kier molecular flexibility index (Phi) is 10.4. The fraction of sp³-hybridized carbons (Fsp3) is 0.400. The zero-order valence-electron chi connectivity index (χ0n) is 13.9. The van der Waals surface area contributed by atoms with E-state index in [1.165, 1.54) is 22.3 Å². The quantitative estimate of drug-likeness (QED) is 0.430. The third kappa shape index (κ3) is 7.13. The molecule has 0 radical (unpaired) electrons. The molecule has 0 heteroatoms. The Labute approximate surface area is 126 Å². The van der Waals surface area contributed by atoms with Gasteiger partial charge in [0.1, 0.15) is 0 Å². The minimum absolute atomic E-state index is 1.08. The van der Waals surface area contributed by atoms with E-state index < -0.39 is 0 Å². The molecule has 110 valence electrons. The minimum atomic E-state index is 1.08. The van der Waals surface area contributed by atoms with Gasteiger partial charge in [0.05, 0.1) is 0 Å². The highest BCUT2D eigenvalue weighted by Gasteiger charge is 2.04. The van der Waals surface area contributed by atoms with Gasteiger partial charge >= 0.3 is 0 Å². The van der Waals surface area contributed by atoms with Crippen LogP contribution in [0, 0.1) is 0 Å². The second-order valence-corrected chi connectivity index (χ2v) is 4.98. The summed E-state index contributed by atoms with van der Waals surface area (Å²) < 4.78 is 0. The maximum absolute atomic E-state index is 3.72. The summed E-state index contributed by atoms with van der Waals surface area (Å²) in [5.41, 5.74) is 5.52. The van der Waals surface area contributed by atoms with Crippen LogP contribution in [0.1, 0.15) is 53.9 Å². The lowest BCUT2D eigenvalue weighted by Crippen LogP contribution is -1.92. The summed E-state index contributed by atoms with van der Waals surface area (Å²) in [5, 5.41) is 0. The van der Waals surface area contributed by atoms with Gasteiger partial charge in [0.15, 0.2) is 0 Å². The molecule has 0 aromatic carbocycles. The minimum Gasteiger partial charge on any atom is -0.0991 e. The molecule has 0 saturated carbocycles. The Morgan fingerprint density at radius 1 is 1.05 bits per heavy atom. The van der Waals surface area contributed by atoms with Crippen molar-refractivity contribution in [3.63, 3.8) is 0 Å². The van der Waals surface area contributed by atoms with E-state index in [1.807, 2.05) is 12.2 Å². The Morgan fingerprint density at radius 2 is 1.75 bits per heavy atom. The first-order chi connectivity index (χ1) is 9.60. The van der Waals surface area contributed by atoms with E-state index in [1.54, 1.807) is 0 Å². The first-order valence-electron chi connectivity index (χ1n) is 7.59. The fourth-order valence-electron chi connectivity index (χ4n) is 1.85. The normalized spacial score (nSPS) is 15.1. The summed E-state index contributed by atoms with van der Waals surface area (Å²) in [6, 6.07) is 0. The number of hydrogen-bond donors (Lipinski definition) is 0. The van der Waals surface area contributed by atoms with Gasteiger partial charge in [0.2, 0.25) is 0 Å². The van der Waals surface area contributed by atoms with Crippen LogP contribution in [0.2, 0.25) is 0 Å². The van der Waals surface area contributed by atoms with Gasteiger partial charge in [0, 0.05) is 0 Å². The van der Waals surface area contributed by atoms with Crippen LogP contribution in [0.15, 0.2) is 71.4 Å². The zero-order chi connectivity index (χ0) is 15.4. The lowest BCUT2D eigenvalue weighted by atomic mass is 9.94. The van der Waals surface area contributed by atoms with E-state index in [0.29, 0.717) is 0 Å².